The van der Waals surface area contributed by atoms with Gasteiger partial charge in [0.1, 0.15) is 16.8 Å². The molecule has 2 N–H and O–H groups in total. The van der Waals surface area contributed by atoms with Gasteiger partial charge in [-0.05, 0) is 20.8 Å². The Balaban J connectivity index is 2.17. The van der Waals surface area contributed by atoms with Gasteiger partial charge in [-0.2, -0.15) is 0 Å². The first kappa shape index (κ1) is 18.5. The van der Waals surface area contributed by atoms with Crippen LogP contribution in [0.4, 0.5) is 4.79 Å². The van der Waals surface area contributed by atoms with Crippen molar-refractivity contribution in [2.24, 2.45) is 5.73 Å². The molecule has 10 nitrogen and oxygen atoms in total. The molecule has 11 heteroatoms. The Morgan fingerprint density at radius 3 is 2.46 bits per heavy atom. The highest BCUT2D eigenvalue weighted by atomic mass is 32.2. The molecule has 0 aromatic carbocycles. The maximum atomic E-state index is 12.5. The van der Waals surface area contributed by atoms with Crippen LogP contribution in [-0.4, -0.2) is 66.5 Å². The first-order chi connectivity index (χ1) is 11.0. The fourth-order valence-electron chi connectivity index (χ4n) is 2.87. The van der Waals surface area contributed by atoms with E-state index in [-0.39, 0.29) is 6.61 Å². The molecule has 2 aliphatic heterocycles. The van der Waals surface area contributed by atoms with Crippen molar-refractivity contribution in [2.45, 2.75) is 56.2 Å². The summed E-state index contributed by atoms with van der Waals surface area (Å²) in [5.74, 6) is -1.64. The van der Waals surface area contributed by atoms with E-state index < -0.39 is 56.4 Å². The van der Waals surface area contributed by atoms with Crippen LogP contribution in [0.1, 0.15) is 27.7 Å². The van der Waals surface area contributed by atoms with Crippen molar-refractivity contribution in [3.8, 4) is 0 Å². The summed E-state index contributed by atoms with van der Waals surface area (Å²) in [4.78, 5) is 36.4. The van der Waals surface area contributed by atoms with Gasteiger partial charge in [-0.25, -0.2) is 18.0 Å². The average Bonchev–Trinajstić information content (AvgIpc) is 2.59. The van der Waals surface area contributed by atoms with Crippen LogP contribution in [-0.2, 0) is 33.6 Å². The monoisotopic (exact) mass is 364 g/mol. The molecule has 0 spiro atoms. The topological polar surface area (TPSA) is 142 Å². The first-order valence-electron chi connectivity index (χ1n) is 7.32. The zero-order valence-corrected chi connectivity index (χ0v) is 14.5. The van der Waals surface area contributed by atoms with E-state index in [9.17, 15) is 22.8 Å². The van der Waals surface area contributed by atoms with Gasteiger partial charge in [0.05, 0.1) is 6.61 Å². The second-order valence-electron chi connectivity index (χ2n) is 6.02. The molecule has 0 aliphatic carbocycles. The van der Waals surface area contributed by atoms with Crippen molar-refractivity contribution >= 4 is 27.9 Å². The standard InChI is InChI=1S/C13H20N2O8S/c1-5-21-12(18)23-6(2)22-11(17)8-13(3,4)24(19,20)10-7(14)9(16)15(8)10/h6-8,10H,5,14H2,1-4H3/t6?,7-,8+,10-/m1/s1. The van der Waals surface area contributed by atoms with E-state index in [0.29, 0.717) is 0 Å². The number of carbonyl (C=O) groups excluding carboxylic acids is 3. The third-order valence-corrected chi connectivity index (χ3v) is 6.98. The van der Waals surface area contributed by atoms with E-state index in [1.807, 2.05) is 0 Å². The predicted octanol–water partition coefficient (Wildman–Crippen LogP) is -0.880. The lowest BCUT2D eigenvalue weighted by molar-refractivity contribution is -0.180. The van der Waals surface area contributed by atoms with Crippen molar-refractivity contribution in [1.82, 2.24) is 4.90 Å². The lowest BCUT2D eigenvalue weighted by atomic mass is 9.96. The number of carbonyl (C=O) groups is 3. The zero-order valence-electron chi connectivity index (χ0n) is 13.7. The van der Waals surface area contributed by atoms with Crippen LogP contribution >= 0.6 is 0 Å². The van der Waals surface area contributed by atoms with Gasteiger partial charge in [0.25, 0.3) is 0 Å². The molecule has 2 fully saturated rings. The zero-order chi connectivity index (χ0) is 18.4. The molecule has 2 saturated heterocycles. The molecular weight excluding hydrogens is 344 g/mol. The Morgan fingerprint density at radius 2 is 1.92 bits per heavy atom. The molecule has 2 heterocycles. The summed E-state index contributed by atoms with van der Waals surface area (Å²) >= 11 is 0. The second kappa shape index (κ2) is 5.88. The fraction of sp³-hybridized carbons (Fsp3) is 0.769. The number of nitrogens with two attached hydrogens (primary N) is 1. The number of β-lactam (4-membered cyclic amide) rings is 1. The van der Waals surface area contributed by atoms with Gasteiger partial charge in [-0.15, -0.1) is 0 Å². The summed E-state index contributed by atoms with van der Waals surface area (Å²) in [6.45, 7) is 5.57. The second-order valence-corrected chi connectivity index (χ2v) is 8.64. The van der Waals surface area contributed by atoms with Crippen molar-refractivity contribution in [1.29, 1.82) is 0 Å². The van der Waals surface area contributed by atoms with Crippen molar-refractivity contribution < 1.29 is 37.0 Å². The Labute approximate surface area is 139 Å². The lowest BCUT2D eigenvalue weighted by Gasteiger charge is -2.41. The van der Waals surface area contributed by atoms with Gasteiger partial charge in [0.15, 0.2) is 15.2 Å². The molecular formula is C13H20N2O8S. The van der Waals surface area contributed by atoms with E-state index in [1.165, 1.54) is 20.8 Å². The summed E-state index contributed by atoms with van der Waals surface area (Å²) in [5.41, 5.74) is 5.56. The first-order valence-corrected chi connectivity index (χ1v) is 8.86. The number of rotatable bonds is 4. The smallest absolute Gasteiger partial charge is 0.435 e. The maximum absolute atomic E-state index is 12.5. The summed E-state index contributed by atoms with van der Waals surface area (Å²) < 4.78 is 37.6. The van der Waals surface area contributed by atoms with Crippen LogP contribution in [0.25, 0.3) is 0 Å². The van der Waals surface area contributed by atoms with Gasteiger partial charge in [-0.3, -0.25) is 4.79 Å². The summed E-state index contributed by atoms with van der Waals surface area (Å²) in [7, 11) is -3.86. The number of hydrogen-bond donors (Lipinski definition) is 1. The predicted molar refractivity (Wildman–Crippen MR) is 79.1 cm³/mol. The van der Waals surface area contributed by atoms with Crippen LogP contribution in [0, 0.1) is 0 Å². The van der Waals surface area contributed by atoms with Crippen LogP contribution in [0.3, 0.4) is 0 Å². The minimum Gasteiger partial charge on any atom is -0.435 e. The van der Waals surface area contributed by atoms with Gasteiger partial charge < -0.3 is 24.8 Å². The Bertz CT molecular complexity index is 673. The molecule has 2 aliphatic rings. The normalized spacial score (nSPS) is 30.8. The SMILES string of the molecule is CCOC(=O)OC(C)OC(=O)[C@@H]1N2C(=O)[C@@H](N)[C@H]2S(=O)(=O)C1(C)C. The molecule has 0 bridgehead atoms. The van der Waals surface area contributed by atoms with E-state index in [0.717, 1.165) is 4.90 Å². The van der Waals surface area contributed by atoms with Crippen molar-refractivity contribution in [3.05, 3.63) is 0 Å². The lowest BCUT2D eigenvalue weighted by Crippen LogP contribution is -2.70. The number of nitrogens with zero attached hydrogens (tertiary/aromatic N) is 1. The highest BCUT2D eigenvalue weighted by molar-refractivity contribution is 7.94. The quantitative estimate of drug-likeness (QED) is 0.382. The van der Waals surface area contributed by atoms with Crippen LogP contribution < -0.4 is 5.73 Å². The van der Waals surface area contributed by atoms with Gasteiger partial charge in [0, 0.05) is 6.92 Å². The van der Waals surface area contributed by atoms with E-state index in [1.54, 1.807) is 6.92 Å². The number of sulfone groups is 1. The Morgan fingerprint density at radius 1 is 1.33 bits per heavy atom. The van der Waals surface area contributed by atoms with Gasteiger partial charge in [-0.1, -0.05) is 0 Å². The minimum atomic E-state index is -3.86. The van der Waals surface area contributed by atoms with Gasteiger partial charge >= 0.3 is 12.1 Å². The minimum absolute atomic E-state index is 0.0786. The summed E-state index contributed by atoms with van der Waals surface area (Å²) in [6, 6.07) is -2.56. The molecule has 0 aromatic heterocycles. The molecule has 136 valence electrons. The van der Waals surface area contributed by atoms with Crippen molar-refractivity contribution in [2.75, 3.05) is 6.61 Å². The molecule has 4 atom stereocenters. The number of ether oxygens (including phenoxy) is 3. The molecule has 2 rings (SSSR count). The fourth-order valence-corrected chi connectivity index (χ4v) is 5.04. The number of amides is 1. The van der Waals surface area contributed by atoms with E-state index >= 15 is 0 Å². The molecule has 1 amide bonds. The Kier molecular flexibility index (Phi) is 4.53. The van der Waals surface area contributed by atoms with E-state index in [4.69, 9.17) is 10.5 Å². The highest BCUT2D eigenvalue weighted by Gasteiger charge is 2.71. The van der Waals surface area contributed by atoms with Crippen LogP contribution in [0.15, 0.2) is 0 Å². The van der Waals surface area contributed by atoms with Crippen LogP contribution in [0.5, 0.6) is 0 Å². The largest absolute Gasteiger partial charge is 0.511 e. The van der Waals surface area contributed by atoms with Crippen molar-refractivity contribution in [3.63, 3.8) is 0 Å². The third kappa shape index (κ3) is 2.51. The highest BCUT2D eigenvalue weighted by Crippen LogP contribution is 2.45. The Hall–Kier alpha value is -1.88. The van der Waals surface area contributed by atoms with Gasteiger partial charge in [0.2, 0.25) is 12.2 Å². The maximum Gasteiger partial charge on any atom is 0.511 e. The molecule has 0 aromatic rings. The summed E-state index contributed by atoms with van der Waals surface area (Å²) in [6.07, 6.45) is -2.34. The average molecular weight is 364 g/mol. The number of esters is 1. The van der Waals surface area contributed by atoms with Crippen LogP contribution in [0.2, 0.25) is 0 Å². The number of hydrogen-bond acceptors (Lipinski definition) is 9. The molecule has 0 saturated carbocycles. The molecule has 0 radical (unpaired) electrons. The van der Waals surface area contributed by atoms with E-state index in [2.05, 4.69) is 9.47 Å². The third-order valence-electron chi connectivity index (χ3n) is 4.14. The molecule has 24 heavy (non-hydrogen) atoms. The molecule has 1 unspecified atom stereocenters. The summed E-state index contributed by atoms with van der Waals surface area (Å²) in [5, 5.41) is -1.25. The number of fused-ring (bicyclic) bond motifs is 1.